The molecule has 1 N–H and O–H groups in total. The first-order valence-corrected chi connectivity index (χ1v) is 11.7. The number of alkyl halides is 3. The van der Waals surface area contributed by atoms with E-state index in [1.165, 1.54) is 33.5 Å². The fourth-order valence-electron chi connectivity index (χ4n) is 5.06. The Balaban J connectivity index is 1.92. The molecule has 1 atom stereocenters. The Morgan fingerprint density at radius 2 is 1.53 bits per heavy atom. The van der Waals surface area contributed by atoms with Crippen LogP contribution >= 0.6 is 0 Å². The lowest BCUT2D eigenvalue weighted by atomic mass is 9.72. The van der Waals surface area contributed by atoms with Crippen molar-refractivity contribution in [3.63, 3.8) is 0 Å². The van der Waals surface area contributed by atoms with Crippen molar-refractivity contribution in [2.24, 2.45) is 5.41 Å². The molecule has 0 saturated heterocycles. The van der Waals surface area contributed by atoms with Gasteiger partial charge in [-0.2, -0.15) is 13.2 Å². The number of ether oxygens (including phenoxy) is 3. The largest absolute Gasteiger partial charge is 0.493 e. The minimum Gasteiger partial charge on any atom is -0.493 e. The standard InChI is InChI=1S/C27H27F3N2O6/c1-25(2)13-17-21(18(33)14-25)26(27(28,29)30,24(35)32(17)16-9-7-6-8-10-16)31-23(34)15-11-19(36-3)22(38-5)20(12-15)37-4/h6-12H,13-14H2,1-5H3,(H,31,34)/t26-/m1/s1. The molecule has 0 unspecified atom stereocenters. The Labute approximate surface area is 217 Å². The van der Waals surface area contributed by atoms with E-state index in [0.29, 0.717) is 0 Å². The van der Waals surface area contributed by atoms with Crippen LogP contribution in [0.25, 0.3) is 0 Å². The molecule has 2 amide bonds. The number of anilines is 1. The van der Waals surface area contributed by atoms with Gasteiger partial charge in [-0.1, -0.05) is 32.0 Å². The van der Waals surface area contributed by atoms with Crippen molar-refractivity contribution in [1.29, 1.82) is 0 Å². The summed E-state index contributed by atoms with van der Waals surface area (Å²) in [7, 11) is 3.90. The molecule has 38 heavy (non-hydrogen) atoms. The molecule has 0 radical (unpaired) electrons. The van der Waals surface area contributed by atoms with Crippen molar-refractivity contribution in [1.82, 2.24) is 5.32 Å². The number of halogens is 3. The summed E-state index contributed by atoms with van der Waals surface area (Å²) in [4.78, 5) is 41.5. The van der Waals surface area contributed by atoms with E-state index in [1.54, 1.807) is 32.0 Å². The number of allylic oxidation sites excluding steroid dienone is 1. The lowest BCUT2D eigenvalue weighted by Crippen LogP contribution is -2.66. The second-order valence-electron chi connectivity index (χ2n) is 9.85. The number of Topliss-reactive ketones (excluding diaryl/α,β-unsaturated/α-hetero) is 1. The molecule has 4 rings (SSSR count). The topological polar surface area (TPSA) is 94.2 Å². The first-order valence-electron chi connectivity index (χ1n) is 11.7. The number of nitrogens with zero attached hydrogens (tertiary/aromatic N) is 1. The highest BCUT2D eigenvalue weighted by Gasteiger charge is 2.72. The fourth-order valence-corrected chi connectivity index (χ4v) is 5.06. The number of amides is 2. The van der Waals surface area contributed by atoms with Crippen LogP contribution in [-0.2, 0) is 9.59 Å². The summed E-state index contributed by atoms with van der Waals surface area (Å²) in [5, 5.41) is 1.91. The van der Waals surface area contributed by atoms with Gasteiger partial charge in [0.1, 0.15) is 0 Å². The van der Waals surface area contributed by atoms with Gasteiger partial charge in [0.2, 0.25) is 11.3 Å². The van der Waals surface area contributed by atoms with E-state index in [0.717, 1.165) is 17.0 Å². The number of rotatable bonds is 6. The number of carbonyl (C=O) groups is 3. The molecular formula is C27H27F3N2O6. The Bertz CT molecular complexity index is 1310. The zero-order valence-corrected chi connectivity index (χ0v) is 21.5. The molecule has 2 aliphatic rings. The van der Waals surface area contributed by atoms with Crippen LogP contribution in [0.2, 0.25) is 0 Å². The van der Waals surface area contributed by atoms with Gasteiger partial charge in [0.15, 0.2) is 17.3 Å². The van der Waals surface area contributed by atoms with Crippen molar-refractivity contribution < 1.29 is 41.8 Å². The lowest BCUT2D eigenvalue weighted by molar-refractivity contribution is -0.186. The first-order chi connectivity index (χ1) is 17.8. The molecule has 1 aliphatic heterocycles. The number of hydrogen-bond acceptors (Lipinski definition) is 6. The number of hydrogen-bond donors (Lipinski definition) is 1. The maximum atomic E-state index is 15.1. The van der Waals surface area contributed by atoms with Gasteiger partial charge in [-0.05, 0) is 36.1 Å². The van der Waals surface area contributed by atoms with Gasteiger partial charge < -0.3 is 19.5 Å². The Morgan fingerprint density at radius 3 is 2.03 bits per heavy atom. The predicted molar refractivity (Wildman–Crippen MR) is 131 cm³/mol. The maximum Gasteiger partial charge on any atom is 0.425 e. The molecule has 0 saturated carbocycles. The van der Waals surface area contributed by atoms with Crippen molar-refractivity contribution in [2.75, 3.05) is 26.2 Å². The third-order valence-corrected chi connectivity index (χ3v) is 6.69. The molecule has 2 aromatic rings. The van der Waals surface area contributed by atoms with Gasteiger partial charge in [-0.3, -0.25) is 19.3 Å². The van der Waals surface area contributed by atoms with Gasteiger partial charge in [0.25, 0.3) is 11.8 Å². The summed E-state index contributed by atoms with van der Waals surface area (Å²) in [5.74, 6) is -3.42. The molecule has 0 bridgehead atoms. The summed E-state index contributed by atoms with van der Waals surface area (Å²) in [6, 6.07) is 10.1. The minimum absolute atomic E-state index is 0.0204. The average molecular weight is 533 g/mol. The van der Waals surface area contributed by atoms with Crippen LogP contribution in [0.15, 0.2) is 53.7 Å². The summed E-state index contributed by atoms with van der Waals surface area (Å²) < 4.78 is 60.8. The second-order valence-corrected chi connectivity index (χ2v) is 9.85. The quantitative estimate of drug-likeness (QED) is 0.592. The molecule has 202 valence electrons. The molecule has 0 aromatic heterocycles. The number of benzene rings is 2. The smallest absolute Gasteiger partial charge is 0.425 e. The van der Waals surface area contributed by atoms with E-state index >= 15 is 13.2 Å². The van der Waals surface area contributed by atoms with E-state index in [4.69, 9.17) is 14.2 Å². The van der Waals surface area contributed by atoms with Crippen LogP contribution in [0.5, 0.6) is 17.2 Å². The Morgan fingerprint density at radius 1 is 0.947 bits per heavy atom. The van der Waals surface area contributed by atoms with Crippen LogP contribution in [0.3, 0.4) is 0 Å². The molecule has 8 nitrogen and oxygen atoms in total. The summed E-state index contributed by atoms with van der Waals surface area (Å²) in [6.07, 6.45) is -5.55. The Hall–Kier alpha value is -4.02. The van der Waals surface area contributed by atoms with Gasteiger partial charge in [0.05, 0.1) is 26.9 Å². The molecule has 0 spiro atoms. The molecule has 2 aromatic carbocycles. The predicted octanol–water partition coefficient (Wildman–Crippen LogP) is 4.43. The van der Waals surface area contributed by atoms with Crippen molar-refractivity contribution >= 4 is 23.3 Å². The maximum absolute atomic E-state index is 15.1. The summed E-state index contributed by atoms with van der Waals surface area (Å²) in [6.45, 7) is 3.48. The van der Waals surface area contributed by atoms with Crippen LogP contribution in [0.1, 0.15) is 37.0 Å². The average Bonchev–Trinajstić information content (AvgIpc) is 3.10. The number of nitrogens with one attached hydrogen (secondary N) is 1. The van der Waals surface area contributed by atoms with E-state index in [1.807, 2.05) is 5.32 Å². The van der Waals surface area contributed by atoms with E-state index in [9.17, 15) is 14.4 Å². The van der Waals surface area contributed by atoms with Gasteiger partial charge in [-0.15, -0.1) is 0 Å². The molecule has 11 heteroatoms. The molecular weight excluding hydrogens is 505 g/mol. The number of ketones is 1. The van der Waals surface area contributed by atoms with Crippen molar-refractivity contribution in [2.45, 2.75) is 38.4 Å². The van der Waals surface area contributed by atoms with E-state index in [2.05, 4.69) is 0 Å². The normalized spacial score (nSPS) is 20.8. The lowest BCUT2D eigenvalue weighted by Gasteiger charge is -2.35. The highest BCUT2D eigenvalue weighted by Crippen LogP contribution is 2.53. The van der Waals surface area contributed by atoms with Gasteiger partial charge in [0, 0.05) is 23.4 Å². The second kappa shape index (κ2) is 9.38. The molecule has 1 heterocycles. The zero-order valence-electron chi connectivity index (χ0n) is 21.5. The monoisotopic (exact) mass is 532 g/mol. The van der Waals surface area contributed by atoms with Crippen molar-refractivity contribution in [3.05, 3.63) is 59.3 Å². The number of para-hydroxylation sites is 1. The van der Waals surface area contributed by atoms with Crippen LogP contribution in [0, 0.1) is 5.41 Å². The van der Waals surface area contributed by atoms with Crippen LogP contribution in [-0.4, -0.2) is 50.6 Å². The van der Waals surface area contributed by atoms with Crippen molar-refractivity contribution in [3.8, 4) is 17.2 Å². The third kappa shape index (κ3) is 4.15. The summed E-state index contributed by atoms with van der Waals surface area (Å²) >= 11 is 0. The van der Waals surface area contributed by atoms with E-state index < -0.39 is 40.3 Å². The number of carbonyl (C=O) groups excluding carboxylic acids is 3. The van der Waals surface area contributed by atoms with Crippen LogP contribution in [0.4, 0.5) is 18.9 Å². The van der Waals surface area contributed by atoms with E-state index in [-0.39, 0.29) is 47.0 Å². The first kappa shape index (κ1) is 27.0. The molecule has 0 fully saturated rings. The SMILES string of the molecule is COc1cc(C(=O)N[C@@]2(C(F)(F)F)C(=O)N(c3ccccc3)C3=C2C(=O)CC(C)(C)C3)cc(OC)c1OC. The van der Waals surface area contributed by atoms with Gasteiger partial charge >= 0.3 is 6.18 Å². The summed E-state index contributed by atoms with van der Waals surface area (Å²) in [5.41, 5.74) is -5.28. The third-order valence-electron chi connectivity index (χ3n) is 6.69. The molecule has 1 aliphatic carbocycles. The van der Waals surface area contributed by atoms with Gasteiger partial charge in [-0.25, -0.2) is 0 Å². The zero-order chi connectivity index (χ0) is 28.0. The number of methoxy groups -OCH3 is 3. The fraction of sp³-hybridized carbons (Fsp3) is 0.370. The minimum atomic E-state index is -5.35. The highest BCUT2D eigenvalue weighted by molar-refractivity contribution is 6.21. The Kier molecular flexibility index (Phi) is 6.67. The highest BCUT2D eigenvalue weighted by atomic mass is 19.4. The van der Waals surface area contributed by atoms with Crippen LogP contribution < -0.4 is 24.4 Å².